The maximum Gasteiger partial charge on any atom is 0.141 e. The Bertz CT molecular complexity index is 548. The fraction of sp³-hybridized carbons (Fsp3) is 0.375. The van der Waals surface area contributed by atoms with Gasteiger partial charge in [-0.3, -0.25) is 0 Å². The van der Waals surface area contributed by atoms with Crippen molar-refractivity contribution in [2.24, 2.45) is 0 Å². The predicted molar refractivity (Wildman–Crippen MR) is 84.9 cm³/mol. The average molecular weight is 290 g/mol. The van der Waals surface area contributed by atoms with Crippen LogP contribution in [-0.4, -0.2) is 0 Å². The van der Waals surface area contributed by atoms with Crippen LogP contribution in [-0.2, 0) is 17.4 Å². The second-order valence-electron chi connectivity index (χ2n) is 5.17. The van der Waals surface area contributed by atoms with Gasteiger partial charge in [0, 0.05) is 10.2 Å². The van der Waals surface area contributed by atoms with Gasteiger partial charge in [0.05, 0.1) is 4.62 Å². The van der Waals surface area contributed by atoms with Crippen LogP contribution in [0.25, 0.3) is 0 Å². The van der Waals surface area contributed by atoms with Crippen LogP contribution in [0.5, 0.6) is 0 Å². The van der Waals surface area contributed by atoms with Crippen molar-refractivity contribution in [1.29, 1.82) is 0 Å². The zero-order valence-electron chi connectivity index (χ0n) is 11.0. The normalized spacial score (nSPS) is 17.3. The smallest absolute Gasteiger partial charge is 0.141 e. The molecule has 0 saturated heterocycles. The van der Waals surface area contributed by atoms with Crippen molar-refractivity contribution < 1.29 is 4.57 Å². The molecule has 19 heavy (non-hydrogen) atoms. The van der Waals surface area contributed by atoms with Gasteiger partial charge in [0.15, 0.2) is 0 Å². The fourth-order valence-electron chi connectivity index (χ4n) is 2.69. The number of hydrogen-bond donors (Lipinski definition) is 0. The van der Waals surface area contributed by atoms with Crippen molar-refractivity contribution >= 4 is 29.1 Å². The average Bonchev–Trinajstić information content (AvgIpc) is 2.81. The number of benzene rings is 1. The summed E-state index contributed by atoms with van der Waals surface area (Å²) in [5, 5.41) is 0.988. The topological polar surface area (TPSA) is 17.1 Å². The molecular formula is C16H19OPS. The van der Waals surface area contributed by atoms with E-state index in [1.807, 2.05) is 30.3 Å². The summed E-state index contributed by atoms with van der Waals surface area (Å²) < 4.78 is 13.7. The summed E-state index contributed by atoms with van der Waals surface area (Å²) in [6, 6.07) is 12.1. The van der Waals surface area contributed by atoms with Crippen LogP contribution < -0.4 is 9.92 Å². The molecule has 0 amide bonds. The minimum atomic E-state index is -1.79. The zero-order chi connectivity index (χ0) is 13.1. The fourth-order valence-corrected chi connectivity index (χ4v) is 5.87. The molecule has 1 aliphatic rings. The van der Waals surface area contributed by atoms with E-state index in [0.29, 0.717) is 0 Å². The molecule has 0 fully saturated rings. The van der Waals surface area contributed by atoms with Crippen LogP contribution in [0.1, 0.15) is 36.1 Å². The second kappa shape index (κ2) is 6.07. The highest BCUT2D eigenvalue weighted by atomic mass is 32.1. The molecule has 0 saturated carbocycles. The minimum Gasteiger partial charge on any atom is -0.316 e. The molecule has 1 nitrogen and oxygen atoms in total. The Morgan fingerprint density at radius 3 is 2.47 bits per heavy atom. The van der Waals surface area contributed by atoms with Crippen LogP contribution in [0.2, 0.25) is 0 Å². The van der Waals surface area contributed by atoms with Crippen molar-refractivity contribution in [3.63, 3.8) is 0 Å². The highest BCUT2D eigenvalue weighted by Crippen LogP contribution is 2.30. The lowest BCUT2D eigenvalue weighted by atomic mass is 10.0. The molecule has 3 rings (SSSR count). The Morgan fingerprint density at radius 1 is 0.947 bits per heavy atom. The number of thiophene rings is 1. The Morgan fingerprint density at radius 2 is 1.68 bits per heavy atom. The summed E-state index contributed by atoms with van der Waals surface area (Å²) in [5.41, 5.74) is 1.47. The number of rotatable bonds is 2. The highest BCUT2D eigenvalue weighted by molar-refractivity contribution is 7.68. The first-order chi connectivity index (χ1) is 9.34. The van der Waals surface area contributed by atoms with Gasteiger partial charge in [-0.1, -0.05) is 43.2 Å². The third kappa shape index (κ3) is 3.01. The maximum atomic E-state index is 12.6. The summed E-state index contributed by atoms with van der Waals surface area (Å²) in [5.74, 6) is 0. The molecule has 1 atom stereocenters. The number of aryl methyl sites for hydroxylation is 2. The highest BCUT2D eigenvalue weighted by Gasteiger charge is 2.15. The Hall–Kier alpha value is -0.850. The predicted octanol–water partition coefficient (Wildman–Crippen LogP) is 3.92. The van der Waals surface area contributed by atoms with Gasteiger partial charge < -0.3 is 4.57 Å². The summed E-state index contributed by atoms with van der Waals surface area (Å²) in [4.78, 5) is 1.49. The summed E-state index contributed by atoms with van der Waals surface area (Å²) >= 11 is 1.79. The lowest BCUT2D eigenvalue weighted by Gasteiger charge is -2.07. The standard InChI is InChI=1S/C16H19OPS/c17-18(14-9-5-3-6-10-14)16-12-13-8-4-1-2-7-11-15(13)19-16/h3,5-6,9-10,12,18H,1-2,4,7-8,11H2. The molecule has 3 heteroatoms. The molecule has 0 bridgehead atoms. The maximum absolute atomic E-state index is 12.6. The second-order valence-corrected chi connectivity index (χ2v) is 8.44. The van der Waals surface area contributed by atoms with E-state index < -0.39 is 7.80 Å². The minimum absolute atomic E-state index is 0.988. The van der Waals surface area contributed by atoms with Crippen LogP contribution in [0.3, 0.4) is 0 Å². The van der Waals surface area contributed by atoms with E-state index in [1.54, 1.807) is 11.3 Å². The first-order valence-electron chi connectivity index (χ1n) is 7.06. The molecular weight excluding hydrogens is 271 g/mol. The lowest BCUT2D eigenvalue weighted by Crippen LogP contribution is -2.02. The SMILES string of the molecule is O=[PH](c1ccccc1)c1cc2c(s1)CCCCCC2. The molecule has 100 valence electrons. The molecule has 0 N–H and O–H groups in total. The van der Waals surface area contributed by atoms with Gasteiger partial charge in [-0.05, 0) is 37.3 Å². The first-order valence-corrected chi connectivity index (χ1v) is 9.28. The number of fused-ring (bicyclic) bond motifs is 1. The molecule has 1 aromatic carbocycles. The van der Waals surface area contributed by atoms with Gasteiger partial charge in [0.25, 0.3) is 0 Å². The summed E-state index contributed by atoms with van der Waals surface area (Å²) in [6.45, 7) is 0. The third-order valence-corrected chi connectivity index (χ3v) is 7.12. The van der Waals surface area contributed by atoms with Crippen LogP contribution in [0.4, 0.5) is 0 Å². The van der Waals surface area contributed by atoms with Crippen LogP contribution in [0.15, 0.2) is 36.4 Å². The van der Waals surface area contributed by atoms with Gasteiger partial charge in [-0.25, -0.2) is 0 Å². The van der Waals surface area contributed by atoms with E-state index in [2.05, 4.69) is 6.07 Å². The lowest BCUT2D eigenvalue weighted by molar-refractivity contribution is 0.598. The molecule has 0 aliphatic heterocycles. The molecule has 1 unspecified atom stereocenters. The largest absolute Gasteiger partial charge is 0.316 e. The monoisotopic (exact) mass is 290 g/mol. The quantitative estimate of drug-likeness (QED) is 0.766. The van der Waals surface area contributed by atoms with Crippen LogP contribution >= 0.6 is 19.1 Å². The molecule has 2 aromatic rings. The van der Waals surface area contributed by atoms with Crippen molar-refractivity contribution in [3.05, 3.63) is 46.8 Å². The summed E-state index contributed by atoms with van der Waals surface area (Å²) in [6.07, 6.45) is 7.63. The Labute approximate surface area is 119 Å². The summed E-state index contributed by atoms with van der Waals surface area (Å²) in [7, 11) is -1.79. The zero-order valence-corrected chi connectivity index (χ0v) is 12.8. The number of hydrogen-bond acceptors (Lipinski definition) is 2. The van der Waals surface area contributed by atoms with Gasteiger partial charge in [-0.2, -0.15) is 0 Å². The molecule has 1 heterocycles. The Balaban J connectivity index is 1.89. The Kier molecular flexibility index (Phi) is 4.20. The van der Waals surface area contributed by atoms with E-state index in [-0.39, 0.29) is 0 Å². The molecule has 1 aromatic heterocycles. The first kappa shape index (κ1) is 13.1. The van der Waals surface area contributed by atoms with E-state index >= 15 is 0 Å². The third-order valence-electron chi connectivity index (χ3n) is 3.76. The molecule has 0 spiro atoms. The van der Waals surface area contributed by atoms with Gasteiger partial charge in [-0.15, -0.1) is 11.3 Å². The van der Waals surface area contributed by atoms with E-state index in [9.17, 15) is 4.57 Å². The van der Waals surface area contributed by atoms with Gasteiger partial charge in [0.1, 0.15) is 7.80 Å². The van der Waals surface area contributed by atoms with E-state index in [4.69, 9.17) is 0 Å². The van der Waals surface area contributed by atoms with E-state index in [1.165, 1.54) is 49.0 Å². The van der Waals surface area contributed by atoms with Crippen molar-refractivity contribution in [2.75, 3.05) is 0 Å². The molecule has 0 radical (unpaired) electrons. The van der Waals surface area contributed by atoms with E-state index in [0.717, 1.165) is 9.92 Å². The van der Waals surface area contributed by atoms with Crippen molar-refractivity contribution in [2.45, 2.75) is 38.5 Å². The van der Waals surface area contributed by atoms with Crippen LogP contribution in [0, 0.1) is 0 Å². The van der Waals surface area contributed by atoms with Gasteiger partial charge >= 0.3 is 0 Å². The van der Waals surface area contributed by atoms with Crippen molar-refractivity contribution in [1.82, 2.24) is 0 Å². The van der Waals surface area contributed by atoms with Crippen molar-refractivity contribution in [3.8, 4) is 0 Å². The molecule has 1 aliphatic carbocycles. The van der Waals surface area contributed by atoms with Gasteiger partial charge in [0.2, 0.25) is 0 Å².